The highest BCUT2D eigenvalue weighted by molar-refractivity contribution is 7.18. The van der Waals surface area contributed by atoms with E-state index in [0.717, 1.165) is 52.6 Å². The van der Waals surface area contributed by atoms with Gasteiger partial charge in [0.05, 0.1) is 24.3 Å². The number of benzene rings is 4. The first-order valence-electron chi connectivity index (χ1n) is 11.6. The minimum absolute atomic E-state index is 0.364. The van der Waals surface area contributed by atoms with Crippen molar-refractivity contribution in [2.45, 2.75) is 39.5 Å². The molecule has 0 aliphatic rings. The molecule has 5 aromatic rings. The molecule has 0 aliphatic carbocycles. The van der Waals surface area contributed by atoms with Crippen LogP contribution in [0.2, 0.25) is 0 Å². The van der Waals surface area contributed by atoms with Crippen LogP contribution in [0.4, 0.5) is 0 Å². The summed E-state index contributed by atoms with van der Waals surface area (Å²) in [6, 6.07) is 13.9. The monoisotopic (exact) mass is 458 g/mol. The first kappa shape index (κ1) is 21.7. The normalized spacial score (nSPS) is 11.7. The number of unbranched alkanes of at least 4 members (excludes halogenated alkanes) is 2. The molecule has 0 unspecified atom stereocenters. The van der Waals surface area contributed by atoms with E-state index < -0.39 is 11.9 Å². The van der Waals surface area contributed by atoms with Crippen molar-refractivity contribution in [1.29, 1.82) is 0 Å². The number of carbonyl (C=O) groups is 2. The van der Waals surface area contributed by atoms with E-state index in [1.165, 1.54) is 10.1 Å². The van der Waals surface area contributed by atoms with Crippen LogP contribution in [0.5, 0.6) is 0 Å². The van der Waals surface area contributed by atoms with Crippen molar-refractivity contribution in [3.63, 3.8) is 0 Å². The van der Waals surface area contributed by atoms with Gasteiger partial charge in [0.15, 0.2) is 0 Å². The summed E-state index contributed by atoms with van der Waals surface area (Å²) in [6.45, 7) is 4.84. The summed E-state index contributed by atoms with van der Waals surface area (Å²) in [5, 5.41) is 9.28. The van der Waals surface area contributed by atoms with Crippen molar-refractivity contribution in [2.75, 3.05) is 13.2 Å². The standard InChI is InChI=1S/C28H26O4S/c1-3-5-14-31-27(29)20-12-10-18-17-8-7-9-23-24(17)22(16-33-23)19-11-13-21(26(20)25(18)19)28(30)32-15-6-4-2/h7-13,16H,3-6,14-15H2,1-2H3. The lowest BCUT2D eigenvalue weighted by molar-refractivity contribution is 0.0500. The molecule has 4 nitrogen and oxygen atoms in total. The van der Waals surface area contributed by atoms with Crippen LogP contribution in [-0.4, -0.2) is 25.2 Å². The Morgan fingerprint density at radius 1 is 0.697 bits per heavy atom. The number of esters is 2. The highest BCUT2D eigenvalue weighted by Gasteiger charge is 2.24. The Bertz CT molecular complexity index is 1450. The third-order valence-corrected chi connectivity index (χ3v) is 7.19. The van der Waals surface area contributed by atoms with E-state index in [-0.39, 0.29) is 0 Å². The van der Waals surface area contributed by atoms with Crippen LogP contribution in [0, 0.1) is 0 Å². The van der Waals surface area contributed by atoms with E-state index in [9.17, 15) is 9.59 Å². The predicted molar refractivity (Wildman–Crippen MR) is 136 cm³/mol. The van der Waals surface area contributed by atoms with Crippen molar-refractivity contribution in [1.82, 2.24) is 0 Å². The molecular formula is C28H26O4S. The minimum Gasteiger partial charge on any atom is -0.462 e. The molecule has 168 valence electrons. The maximum atomic E-state index is 13.1. The molecule has 33 heavy (non-hydrogen) atoms. The van der Waals surface area contributed by atoms with Crippen molar-refractivity contribution >= 4 is 65.7 Å². The van der Waals surface area contributed by atoms with Gasteiger partial charge in [-0.05, 0) is 58.0 Å². The van der Waals surface area contributed by atoms with Gasteiger partial charge in [0.25, 0.3) is 0 Å². The van der Waals surface area contributed by atoms with E-state index in [1.54, 1.807) is 23.5 Å². The van der Waals surface area contributed by atoms with Crippen LogP contribution in [0.15, 0.2) is 47.8 Å². The molecule has 0 N–H and O–H groups in total. The Morgan fingerprint density at radius 3 is 1.88 bits per heavy atom. The van der Waals surface area contributed by atoms with Gasteiger partial charge in [-0.3, -0.25) is 0 Å². The van der Waals surface area contributed by atoms with Crippen molar-refractivity contribution in [2.24, 2.45) is 0 Å². The predicted octanol–water partition coefficient (Wildman–Crippen LogP) is 7.71. The number of thiophene rings is 1. The first-order chi connectivity index (χ1) is 16.2. The van der Waals surface area contributed by atoms with E-state index in [1.807, 2.05) is 12.1 Å². The maximum absolute atomic E-state index is 13.1. The van der Waals surface area contributed by atoms with E-state index in [2.05, 4.69) is 37.4 Å². The number of hydrogen-bond acceptors (Lipinski definition) is 5. The number of fused-ring (bicyclic) bond motifs is 2. The molecular weight excluding hydrogens is 432 g/mol. The fourth-order valence-electron chi connectivity index (χ4n) is 4.57. The molecule has 5 rings (SSSR count). The minimum atomic E-state index is -0.399. The second-order valence-electron chi connectivity index (χ2n) is 8.38. The fraction of sp³-hybridized carbons (Fsp3) is 0.286. The molecule has 0 radical (unpaired) electrons. The summed E-state index contributed by atoms with van der Waals surface area (Å²) < 4.78 is 12.4. The zero-order valence-corrected chi connectivity index (χ0v) is 19.7. The van der Waals surface area contributed by atoms with E-state index in [4.69, 9.17) is 9.47 Å². The van der Waals surface area contributed by atoms with Crippen LogP contribution >= 0.6 is 11.3 Å². The zero-order chi connectivity index (χ0) is 22.9. The maximum Gasteiger partial charge on any atom is 0.338 e. The van der Waals surface area contributed by atoms with Gasteiger partial charge in [-0.1, -0.05) is 51.0 Å². The summed E-state index contributed by atoms with van der Waals surface area (Å²) >= 11 is 1.71. The number of carbonyl (C=O) groups excluding carboxylic acids is 2. The van der Waals surface area contributed by atoms with Gasteiger partial charge in [-0.15, -0.1) is 11.3 Å². The summed E-state index contributed by atoms with van der Waals surface area (Å²) in [7, 11) is 0. The van der Waals surface area contributed by atoms with Gasteiger partial charge in [0.1, 0.15) is 0 Å². The molecule has 0 aliphatic heterocycles. The average molecular weight is 459 g/mol. The smallest absolute Gasteiger partial charge is 0.338 e. The molecule has 0 amide bonds. The molecule has 5 heteroatoms. The fourth-order valence-corrected chi connectivity index (χ4v) is 5.55. The van der Waals surface area contributed by atoms with E-state index >= 15 is 0 Å². The third kappa shape index (κ3) is 3.61. The number of ether oxygens (including phenoxy) is 2. The highest BCUT2D eigenvalue weighted by Crippen LogP contribution is 2.44. The molecule has 0 bridgehead atoms. The lowest BCUT2D eigenvalue weighted by Gasteiger charge is -2.16. The summed E-state index contributed by atoms with van der Waals surface area (Å²) in [4.78, 5) is 26.2. The van der Waals surface area contributed by atoms with Crippen LogP contribution in [-0.2, 0) is 9.47 Å². The first-order valence-corrected chi connectivity index (χ1v) is 12.5. The summed E-state index contributed by atoms with van der Waals surface area (Å²) in [5.74, 6) is -0.798. The summed E-state index contributed by atoms with van der Waals surface area (Å²) in [5.41, 5.74) is 0.833. The zero-order valence-electron chi connectivity index (χ0n) is 18.9. The Morgan fingerprint density at radius 2 is 1.27 bits per heavy atom. The van der Waals surface area contributed by atoms with Crippen LogP contribution in [0.1, 0.15) is 60.2 Å². The molecule has 0 saturated carbocycles. The van der Waals surface area contributed by atoms with Gasteiger partial charge in [-0.2, -0.15) is 0 Å². The molecule has 0 spiro atoms. The lowest BCUT2D eigenvalue weighted by atomic mass is 9.88. The SMILES string of the molecule is CCCCOC(=O)c1ccc2c3cccc4scc(c5ccc(C(=O)OCCCC)c1c25)c43. The van der Waals surface area contributed by atoms with Gasteiger partial charge in [-0.25, -0.2) is 9.59 Å². The van der Waals surface area contributed by atoms with Crippen LogP contribution in [0.3, 0.4) is 0 Å². The second kappa shape index (κ2) is 8.99. The van der Waals surface area contributed by atoms with Crippen molar-refractivity contribution < 1.29 is 19.1 Å². The molecule has 1 heterocycles. The van der Waals surface area contributed by atoms with Crippen molar-refractivity contribution in [3.05, 3.63) is 59.0 Å². The molecule has 0 atom stereocenters. The van der Waals surface area contributed by atoms with E-state index in [0.29, 0.717) is 29.7 Å². The lowest BCUT2D eigenvalue weighted by Crippen LogP contribution is -2.12. The molecule has 1 aromatic heterocycles. The largest absolute Gasteiger partial charge is 0.462 e. The topological polar surface area (TPSA) is 52.6 Å². The van der Waals surface area contributed by atoms with Gasteiger partial charge in [0, 0.05) is 20.9 Å². The van der Waals surface area contributed by atoms with Gasteiger partial charge >= 0.3 is 11.9 Å². The molecule has 0 saturated heterocycles. The Hall–Kier alpha value is -3.18. The van der Waals surface area contributed by atoms with Crippen LogP contribution in [0.25, 0.3) is 42.4 Å². The van der Waals surface area contributed by atoms with Crippen molar-refractivity contribution in [3.8, 4) is 0 Å². The second-order valence-corrected chi connectivity index (χ2v) is 9.29. The Balaban J connectivity index is 1.80. The van der Waals surface area contributed by atoms with Gasteiger partial charge < -0.3 is 9.47 Å². The highest BCUT2D eigenvalue weighted by atomic mass is 32.1. The molecule has 4 aromatic carbocycles. The third-order valence-electron chi connectivity index (χ3n) is 6.24. The van der Waals surface area contributed by atoms with Gasteiger partial charge in [0.2, 0.25) is 0 Å². The average Bonchev–Trinajstić information content (AvgIpc) is 3.27. The number of hydrogen-bond donors (Lipinski definition) is 0. The quantitative estimate of drug-likeness (QED) is 0.103. The Kier molecular flexibility index (Phi) is 5.90. The summed E-state index contributed by atoms with van der Waals surface area (Å²) in [6.07, 6.45) is 3.49. The van der Waals surface area contributed by atoms with Crippen LogP contribution < -0.4 is 0 Å². The Labute approximate surface area is 196 Å². The molecule has 0 fully saturated rings. The number of rotatable bonds is 8.